The zero-order chi connectivity index (χ0) is 15.4. The number of likely N-dealkylation sites (tertiary alicyclic amines) is 1. The summed E-state index contributed by atoms with van der Waals surface area (Å²) in [5.41, 5.74) is 2.17. The Morgan fingerprint density at radius 3 is 2.68 bits per heavy atom. The fourth-order valence-corrected chi connectivity index (χ4v) is 2.43. The summed E-state index contributed by atoms with van der Waals surface area (Å²) in [7, 11) is 0. The van der Waals surface area contributed by atoms with Gasteiger partial charge in [-0.3, -0.25) is 4.79 Å². The summed E-state index contributed by atoms with van der Waals surface area (Å²) in [6.07, 6.45) is 4.63. The van der Waals surface area contributed by atoms with Crippen molar-refractivity contribution < 1.29 is 4.79 Å². The third-order valence-electron chi connectivity index (χ3n) is 3.57. The van der Waals surface area contributed by atoms with Gasteiger partial charge >= 0.3 is 0 Å². The number of carbonyl (C=O) groups is 1. The summed E-state index contributed by atoms with van der Waals surface area (Å²) in [4.78, 5) is 21.6. The van der Waals surface area contributed by atoms with Crippen LogP contribution in [-0.4, -0.2) is 27.3 Å². The van der Waals surface area contributed by atoms with Gasteiger partial charge in [0.05, 0.1) is 0 Å². The normalized spacial score (nSPS) is 14.0. The van der Waals surface area contributed by atoms with E-state index in [-0.39, 0.29) is 11.6 Å². The standard InChI is InChI=1S/C16H15N5O/c17-10-14-16(19-8-7-18-14)20-13-5-3-12(4-6-13)11-21-9-1-2-15(21)22/h3-8H,1-2,9,11H2,(H,19,20). The fourth-order valence-electron chi connectivity index (χ4n) is 2.43. The minimum Gasteiger partial charge on any atom is -0.338 e. The Hall–Kier alpha value is -2.94. The molecule has 110 valence electrons. The Labute approximate surface area is 128 Å². The average molecular weight is 293 g/mol. The SMILES string of the molecule is N#Cc1nccnc1Nc1ccc(CN2CCCC2=O)cc1. The van der Waals surface area contributed by atoms with E-state index in [1.807, 2.05) is 35.2 Å². The summed E-state index contributed by atoms with van der Waals surface area (Å²) < 4.78 is 0. The lowest BCUT2D eigenvalue weighted by molar-refractivity contribution is -0.128. The van der Waals surface area contributed by atoms with E-state index in [0.29, 0.717) is 18.8 Å². The molecule has 2 aromatic rings. The second-order valence-electron chi connectivity index (χ2n) is 5.11. The molecule has 1 aromatic carbocycles. The van der Waals surface area contributed by atoms with Gasteiger partial charge < -0.3 is 10.2 Å². The third-order valence-corrected chi connectivity index (χ3v) is 3.57. The highest BCUT2D eigenvalue weighted by Gasteiger charge is 2.19. The number of nitrogens with one attached hydrogen (secondary N) is 1. The van der Waals surface area contributed by atoms with Crippen LogP contribution in [0, 0.1) is 11.3 Å². The molecule has 6 heteroatoms. The van der Waals surface area contributed by atoms with Crippen LogP contribution in [0.2, 0.25) is 0 Å². The molecule has 1 aliphatic heterocycles. The third kappa shape index (κ3) is 3.04. The first-order valence-electron chi connectivity index (χ1n) is 7.11. The minimum atomic E-state index is 0.223. The number of carbonyl (C=O) groups excluding carboxylic acids is 1. The predicted molar refractivity (Wildman–Crippen MR) is 81.1 cm³/mol. The number of rotatable bonds is 4. The summed E-state index contributed by atoms with van der Waals surface area (Å²) in [6.45, 7) is 1.48. The number of hydrogen-bond donors (Lipinski definition) is 1. The molecular formula is C16H15N5O. The van der Waals surface area contributed by atoms with Crippen LogP contribution in [0.25, 0.3) is 0 Å². The van der Waals surface area contributed by atoms with Gasteiger partial charge in [0.25, 0.3) is 0 Å². The van der Waals surface area contributed by atoms with Crippen molar-refractivity contribution >= 4 is 17.4 Å². The van der Waals surface area contributed by atoms with Crippen molar-refractivity contribution in [3.63, 3.8) is 0 Å². The summed E-state index contributed by atoms with van der Waals surface area (Å²) in [6, 6.07) is 9.75. The van der Waals surface area contributed by atoms with E-state index in [0.717, 1.165) is 24.2 Å². The molecule has 3 rings (SSSR count). The molecule has 0 atom stereocenters. The number of hydrogen-bond acceptors (Lipinski definition) is 5. The van der Waals surface area contributed by atoms with Crippen LogP contribution < -0.4 is 5.32 Å². The van der Waals surface area contributed by atoms with E-state index in [2.05, 4.69) is 15.3 Å². The van der Waals surface area contributed by atoms with E-state index >= 15 is 0 Å². The zero-order valence-electron chi connectivity index (χ0n) is 12.0. The van der Waals surface area contributed by atoms with Gasteiger partial charge in [-0.15, -0.1) is 0 Å². The van der Waals surface area contributed by atoms with Gasteiger partial charge in [0.15, 0.2) is 11.5 Å². The smallest absolute Gasteiger partial charge is 0.222 e. The highest BCUT2D eigenvalue weighted by atomic mass is 16.2. The van der Waals surface area contributed by atoms with Crippen LogP contribution >= 0.6 is 0 Å². The lowest BCUT2D eigenvalue weighted by atomic mass is 10.2. The Kier molecular flexibility index (Phi) is 3.97. The Morgan fingerprint density at radius 1 is 1.23 bits per heavy atom. The molecule has 0 spiro atoms. The molecule has 6 nitrogen and oxygen atoms in total. The van der Waals surface area contributed by atoms with Crippen molar-refractivity contribution in [3.05, 3.63) is 47.9 Å². The Morgan fingerprint density at radius 2 is 2.00 bits per heavy atom. The van der Waals surface area contributed by atoms with Gasteiger partial charge in [-0.2, -0.15) is 5.26 Å². The number of anilines is 2. The first-order valence-corrected chi connectivity index (χ1v) is 7.11. The predicted octanol–water partition coefficient (Wildman–Crippen LogP) is 2.21. The summed E-state index contributed by atoms with van der Waals surface area (Å²) in [5.74, 6) is 0.660. The molecule has 22 heavy (non-hydrogen) atoms. The second kappa shape index (κ2) is 6.22. The van der Waals surface area contributed by atoms with Crippen molar-refractivity contribution in [1.29, 1.82) is 5.26 Å². The molecular weight excluding hydrogens is 278 g/mol. The molecule has 0 saturated carbocycles. The molecule has 0 unspecified atom stereocenters. The molecule has 1 amide bonds. The van der Waals surface area contributed by atoms with Gasteiger partial charge in [-0.25, -0.2) is 9.97 Å². The highest BCUT2D eigenvalue weighted by molar-refractivity contribution is 5.78. The van der Waals surface area contributed by atoms with Gasteiger partial charge in [0.2, 0.25) is 5.91 Å². The topological polar surface area (TPSA) is 81.9 Å². The Balaban J connectivity index is 1.69. The molecule has 1 aliphatic rings. The molecule has 1 aromatic heterocycles. The lowest BCUT2D eigenvalue weighted by Crippen LogP contribution is -2.23. The number of nitriles is 1. The van der Waals surface area contributed by atoms with Crippen molar-refractivity contribution in [3.8, 4) is 6.07 Å². The van der Waals surface area contributed by atoms with Crippen LogP contribution in [0.1, 0.15) is 24.1 Å². The van der Waals surface area contributed by atoms with E-state index in [1.165, 1.54) is 12.4 Å². The first-order chi connectivity index (χ1) is 10.8. The van der Waals surface area contributed by atoms with Gasteiger partial charge in [0.1, 0.15) is 6.07 Å². The molecule has 0 aliphatic carbocycles. The van der Waals surface area contributed by atoms with Gasteiger partial charge in [-0.1, -0.05) is 12.1 Å². The van der Waals surface area contributed by atoms with Crippen LogP contribution in [0.5, 0.6) is 0 Å². The maximum atomic E-state index is 11.6. The number of amides is 1. The maximum absolute atomic E-state index is 11.6. The van der Waals surface area contributed by atoms with Crippen LogP contribution in [0.3, 0.4) is 0 Å². The monoisotopic (exact) mass is 293 g/mol. The van der Waals surface area contributed by atoms with Crippen molar-refractivity contribution in [1.82, 2.24) is 14.9 Å². The number of aromatic nitrogens is 2. The molecule has 2 heterocycles. The van der Waals surface area contributed by atoms with Crippen molar-refractivity contribution in [2.24, 2.45) is 0 Å². The number of benzene rings is 1. The van der Waals surface area contributed by atoms with Gasteiger partial charge in [-0.05, 0) is 24.1 Å². The molecule has 0 bridgehead atoms. The number of nitrogens with zero attached hydrogens (tertiary/aromatic N) is 4. The van der Waals surface area contributed by atoms with E-state index in [4.69, 9.17) is 5.26 Å². The fraction of sp³-hybridized carbons (Fsp3) is 0.250. The zero-order valence-corrected chi connectivity index (χ0v) is 12.0. The molecule has 1 fully saturated rings. The summed E-state index contributed by atoms with van der Waals surface area (Å²) in [5, 5.41) is 12.1. The Bertz CT molecular complexity index is 720. The highest BCUT2D eigenvalue weighted by Crippen LogP contribution is 2.19. The lowest BCUT2D eigenvalue weighted by Gasteiger charge is -2.15. The van der Waals surface area contributed by atoms with Crippen LogP contribution in [0.4, 0.5) is 11.5 Å². The van der Waals surface area contributed by atoms with Gasteiger partial charge in [0, 0.05) is 37.6 Å². The molecule has 1 saturated heterocycles. The summed E-state index contributed by atoms with van der Waals surface area (Å²) >= 11 is 0. The van der Waals surface area contributed by atoms with E-state index in [9.17, 15) is 4.79 Å². The van der Waals surface area contributed by atoms with Crippen LogP contribution in [0.15, 0.2) is 36.7 Å². The molecule has 1 N–H and O–H groups in total. The van der Waals surface area contributed by atoms with Crippen molar-refractivity contribution in [2.45, 2.75) is 19.4 Å². The van der Waals surface area contributed by atoms with Crippen LogP contribution in [-0.2, 0) is 11.3 Å². The van der Waals surface area contributed by atoms with E-state index < -0.39 is 0 Å². The minimum absolute atomic E-state index is 0.223. The molecule has 0 radical (unpaired) electrons. The first kappa shape index (κ1) is 14.0. The maximum Gasteiger partial charge on any atom is 0.222 e. The van der Waals surface area contributed by atoms with Crippen molar-refractivity contribution in [2.75, 3.05) is 11.9 Å². The quantitative estimate of drug-likeness (QED) is 0.934. The average Bonchev–Trinajstić information content (AvgIpc) is 2.95. The van der Waals surface area contributed by atoms with E-state index in [1.54, 1.807) is 0 Å². The largest absolute Gasteiger partial charge is 0.338 e. The second-order valence-corrected chi connectivity index (χ2v) is 5.11.